The number of benzene rings is 2. The van der Waals surface area contributed by atoms with Gasteiger partial charge in [0.1, 0.15) is 0 Å². The van der Waals surface area contributed by atoms with Crippen LogP contribution in [0.1, 0.15) is 11.1 Å². The van der Waals surface area contributed by atoms with Crippen LogP contribution in [0.3, 0.4) is 0 Å². The van der Waals surface area contributed by atoms with E-state index in [2.05, 4.69) is 24.3 Å². The molecule has 0 aliphatic carbocycles. The minimum Gasteiger partial charge on any atom is -0.396 e. The van der Waals surface area contributed by atoms with E-state index in [1.165, 1.54) is 11.1 Å². The average Bonchev–Trinajstić information content (AvgIpc) is 2.41. The summed E-state index contributed by atoms with van der Waals surface area (Å²) < 4.78 is 0. The lowest BCUT2D eigenvalue weighted by Crippen LogP contribution is -1.91. The summed E-state index contributed by atoms with van der Waals surface area (Å²) in [6.07, 6.45) is 1.41. The van der Waals surface area contributed by atoms with E-state index in [0.29, 0.717) is 12.8 Å². The highest BCUT2D eigenvalue weighted by atomic mass is 16.3. The molecule has 0 amide bonds. The Labute approximate surface area is 108 Å². The van der Waals surface area contributed by atoms with E-state index in [1.807, 2.05) is 24.3 Å². The minimum absolute atomic E-state index is 0.190. The van der Waals surface area contributed by atoms with E-state index < -0.39 is 0 Å². The first-order valence-electron chi connectivity index (χ1n) is 6.23. The maximum Gasteiger partial charge on any atom is 0.0471 e. The summed E-state index contributed by atoms with van der Waals surface area (Å²) in [5, 5.41) is 17.7. The zero-order chi connectivity index (χ0) is 12.8. The Morgan fingerprint density at radius 3 is 1.17 bits per heavy atom. The molecule has 94 valence electrons. The summed E-state index contributed by atoms with van der Waals surface area (Å²) in [6.45, 7) is 0.379. The highest BCUT2D eigenvalue weighted by Gasteiger charge is 1.99. The first-order valence-corrected chi connectivity index (χ1v) is 6.23. The Kier molecular flexibility index (Phi) is 4.51. The fourth-order valence-electron chi connectivity index (χ4n) is 1.99. The van der Waals surface area contributed by atoms with Crippen molar-refractivity contribution in [1.82, 2.24) is 0 Å². The molecule has 2 aromatic rings. The highest BCUT2D eigenvalue weighted by Crippen LogP contribution is 2.20. The van der Waals surface area contributed by atoms with Crippen molar-refractivity contribution in [3.05, 3.63) is 59.7 Å². The van der Waals surface area contributed by atoms with Crippen LogP contribution < -0.4 is 0 Å². The average molecular weight is 242 g/mol. The van der Waals surface area contributed by atoms with Gasteiger partial charge in [0, 0.05) is 13.2 Å². The van der Waals surface area contributed by atoms with Gasteiger partial charge in [-0.15, -0.1) is 0 Å². The number of hydrogen-bond acceptors (Lipinski definition) is 2. The second-order valence-corrected chi connectivity index (χ2v) is 4.34. The first-order chi connectivity index (χ1) is 8.83. The van der Waals surface area contributed by atoms with E-state index in [-0.39, 0.29) is 13.2 Å². The van der Waals surface area contributed by atoms with Gasteiger partial charge in [-0.2, -0.15) is 0 Å². The van der Waals surface area contributed by atoms with Crippen LogP contribution in [0.5, 0.6) is 0 Å². The minimum atomic E-state index is 0.190. The molecule has 0 bridgehead atoms. The zero-order valence-corrected chi connectivity index (χ0v) is 10.3. The summed E-state index contributed by atoms with van der Waals surface area (Å²) in [5.74, 6) is 0. The molecule has 0 heterocycles. The number of rotatable bonds is 5. The maximum absolute atomic E-state index is 8.87. The van der Waals surface area contributed by atoms with Crippen LogP contribution in [-0.4, -0.2) is 23.4 Å². The van der Waals surface area contributed by atoms with Crippen molar-refractivity contribution in [3.63, 3.8) is 0 Å². The van der Waals surface area contributed by atoms with Gasteiger partial charge in [0.25, 0.3) is 0 Å². The third kappa shape index (κ3) is 3.19. The quantitative estimate of drug-likeness (QED) is 0.845. The highest BCUT2D eigenvalue weighted by molar-refractivity contribution is 5.63. The summed E-state index contributed by atoms with van der Waals surface area (Å²) in [4.78, 5) is 0. The predicted molar refractivity (Wildman–Crippen MR) is 73.5 cm³/mol. The second-order valence-electron chi connectivity index (χ2n) is 4.34. The van der Waals surface area contributed by atoms with E-state index in [9.17, 15) is 0 Å². The van der Waals surface area contributed by atoms with Crippen molar-refractivity contribution >= 4 is 0 Å². The molecule has 2 aromatic carbocycles. The molecule has 2 heteroatoms. The van der Waals surface area contributed by atoms with Crippen LogP contribution in [0.25, 0.3) is 11.1 Å². The SMILES string of the molecule is OCCc1ccc(-c2ccc(CCO)cc2)cc1. The Hall–Kier alpha value is -1.64. The van der Waals surface area contributed by atoms with Crippen molar-refractivity contribution in [2.75, 3.05) is 13.2 Å². The van der Waals surface area contributed by atoms with E-state index in [0.717, 1.165) is 11.1 Å². The van der Waals surface area contributed by atoms with Gasteiger partial charge < -0.3 is 10.2 Å². The van der Waals surface area contributed by atoms with Gasteiger partial charge >= 0.3 is 0 Å². The molecule has 2 nitrogen and oxygen atoms in total. The molecule has 0 saturated carbocycles. The van der Waals surface area contributed by atoms with Gasteiger partial charge in [-0.1, -0.05) is 48.5 Å². The third-order valence-corrected chi connectivity index (χ3v) is 3.04. The fourth-order valence-corrected chi connectivity index (χ4v) is 1.99. The number of aliphatic hydroxyl groups is 2. The van der Waals surface area contributed by atoms with Crippen molar-refractivity contribution in [3.8, 4) is 11.1 Å². The molecule has 0 fully saturated rings. The van der Waals surface area contributed by atoms with Crippen LogP contribution in [0.15, 0.2) is 48.5 Å². The van der Waals surface area contributed by atoms with Crippen LogP contribution in [0, 0.1) is 0 Å². The molecule has 0 aliphatic rings. The molecule has 0 radical (unpaired) electrons. The van der Waals surface area contributed by atoms with Crippen molar-refractivity contribution in [2.24, 2.45) is 0 Å². The van der Waals surface area contributed by atoms with Crippen molar-refractivity contribution < 1.29 is 10.2 Å². The number of aliphatic hydroxyl groups excluding tert-OH is 2. The molecule has 0 spiro atoms. The third-order valence-electron chi connectivity index (χ3n) is 3.04. The van der Waals surface area contributed by atoms with Crippen molar-refractivity contribution in [2.45, 2.75) is 12.8 Å². The van der Waals surface area contributed by atoms with Gasteiger partial charge in [0.2, 0.25) is 0 Å². The summed E-state index contributed by atoms with van der Waals surface area (Å²) in [6, 6.07) is 16.5. The molecule has 2 rings (SSSR count). The molecule has 2 N–H and O–H groups in total. The Morgan fingerprint density at radius 1 is 0.556 bits per heavy atom. The summed E-state index contributed by atoms with van der Waals surface area (Å²) >= 11 is 0. The van der Waals surface area contributed by atoms with E-state index in [1.54, 1.807) is 0 Å². The topological polar surface area (TPSA) is 40.5 Å². The fraction of sp³-hybridized carbons (Fsp3) is 0.250. The van der Waals surface area contributed by atoms with Crippen LogP contribution >= 0.6 is 0 Å². The van der Waals surface area contributed by atoms with E-state index in [4.69, 9.17) is 10.2 Å². The molecule has 0 saturated heterocycles. The predicted octanol–water partition coefficient (Wildman–Crippen LogP) is 2.42. The molecule has 18 heavy (non-hydrogen) atoms. The Balaban J connectivity index is 2.15. The van der Waals surface area contributed by atoms with Crippen LogP contribution in [-0.2, 0) is 12.8 Å². The lowest BCUT2D eigenvalue weighted by molar-refractivity contribution is 0.299. The van der Waals surface area contributed by atoms with E-state index >= 15 is 0 Å². The normalized spacial score (nSPS) is 10.6. The lowest BCUT2D eigenvalue weighted by atomic mass is 10.0. The maximum atomic E-state index is 8.87. The van der Waals surface area contributed by atoms with Gasteiger partial charge in [0.05, 0.1) is 0 Å². The standard InChI is InChI=1S/C16H18O2/c17-11-9-13-1-5-15(6-2-13)16-7-3-14(4-8-16)10-12-18/h1-8,17-18H,9-12H2. The Morgan fingerprint density at radius 2 is 0.889 bits per heavy atom. The number of hydrogen-bond donors (Lipinski definition) is 2. The molecule has 0 atom stereocenters. The largest absolute Gasteiger partial charge is 0.396 e. The van der Waals surface area contributed by atoms with Gasteiger partial charge in [-0.25, -0.2) is 0 Å². The Bertz CT molecular complexity index is 424. The molecule has 0 aromatic heterocycles. The van der Waals surface area contributed by atoms with Gasteiger partial charge in [-0.05, 0) is 35.1 Å². The molecular formula is C16H18O2. The lowest BCUT2D eigenvalue weighted by Gasteiger charge is -2.05. The summed E-state index contributed by atoms with van der Waals surface area (Å²) in [7, 11) is 0. The van der Waals surface area contributed by atoms with Crippen molar-refractivity contribution in [1.29, 1.82) is 0 Å². The first kappa shape index (κ1) is 12.8. The van der Waals surface area contributed by atoms with Crippen LogP contribution in [0.2, 0.25) is 0 Å². The van der Waals surface area contributed by atoms with Gasteiger partial charge in [0.15, 0.2) is 0 Å². The second kappa shape index (κ2) is 6.34. The monoisotopic (exact) mass is 242 g/mol. The van der Waals surface area contributed by atoms with Crippen LogP contribution in [0.4, 0.5) is 0 Å². The molecular weight excluding hydrogens is 224 g/mol. The zero-order valence-electron chi connectivity index (χ0n) is 10.3. The molecule has 0 unspecified atom stereocenters. The smallest absolute Gasteiger partial charge is 0.0471 e. The van der Waals surface area contributed by atoms with Gasteiger partial charge in [-0.3, -0.25) is 0 Å². The molecule has 0 aliphatic heterocycles. The summed E-state index contributed by atoms with van der Waals surface area (Å²) in [5.41, 5.74) is 4.65.